The van der Waals surface area contributed by atoms with Gasteiger partial charge >= 0.3 is 6.03 Å². The summed E-state index contributed by atoms with van der Waals surface area (Å²) in [5, 5.41) is 4.93. The van der Waals surface area contributed by atoms with Crippen LogP contribution in [0, 0.1) is 0 Å². The summed E-state index contributed by atoms with van der Waals surface area (Å²) in [6.45, 7) is 5.51. The molecule has 7 heteroatoms. The number of amides is 3. The predicted molar refractivity (Wildman–Crippen MR) is 84.6 cm³/mol. The van der Waals surface area contributed by atoms with Gasteiger partial charge in [-0.1, -0.05) is 0 Å². The molecule has 0 aliphatic carbocycles. The summed E-state index contributed by atoms with van der Waals surface area (Å²) in [5.74, 6) is 0.371. The molecular formula is C14H21N3O3S. The Bertz CT molecular complexity index is 527. The summed E-state index contributed by atoms with van der Waals surface area (Å²) in [4.78, 5) is 24.0. The number of nitrogens with two attached hydrogens (primary N) is 1. The molecule has 1 aromatic carbocycles. The number of hydrogen-bond acceptors (Lipinski definition) is 5. The van der Waals surface area contributed by atoms with Crippen molar-refractivity contribution < 1.29 is 14.3 Å². The van der Waals surface area contributed by atoms with Crippen molar-refractivity contribution in [1.29, 1.82) is 0 Å². The maximum absolute atomic E-state index is 11.7. The van der Waals surface area contributed by atoms with Crippen LogP contribution in [-0.4, -0.2) is 30.3 Å². The van der Waals surface area contributed by atoms with Gasteiger partial charge < -0.3 is 15.8 Å². The molecule has 0 spiro atoms. The van der Waals surface area contributed by atoms with Gasteiger partial charge in [0.25, 0.3) is 0 Å². The van der Waals surface area contributed by atoms with E-state index >= 15 is 0 Å². The van der Waals surface area contributed by atoms with E-state index in [0.717, 1.165) is 4.90 Å². The van der Waals surface area contributed by atoms with Crippen LogP contribution in [-0.2, 0) is 4.79 Å². The highest BCUT2D eigenvalue weighted by Gasteiger charge is 2.16. The first kappa shape index (κ1) is 17.2. The number of nitrogen functional groups attached to an aromatic ring is 1. The van der Waals surface area contributed by atoms with Crippen molar-refractivity contribution in [3.63, 3.8) is 0 Å². The standard InChI is InChI=1S/C14H21N3O3S/c1-14(2,3)17-13(19)16-12(18)8-21-11-7-9(20-4)5-6-10(11)15/h5-7H,8,15H2,1-4H3,(H2,16,17,18,19). The van der Waals surface area contributed by atoms with E-state index in [9.17, 15) is 9.59 Å². The molecule has 116 valence electrons. The Morgan fingerprint density at radius 3 is 2.57 bits per heavy atom. The van der Waals surface area contributed by atoms with Gasteiger partial charge in [-0.25, -0.2) is 4.79 Å². The van der Waals surface area contributed by atoms with E-state index < -0.39 is 11.6 Å². The lowest BCUT2D eigenvalue weighted by molar-refractivity contribution is -0.117. The molecule has 21 heavy (non-hydrogen) atoms. The Labute approximate surface area is 128 Å². The van der Waals surface area contributed by atoms with E-state index in [4.69, 9.17) is 10.5 Å². The Balaban J connectivity index is 2.52. The fourth-order valence-corrected chi connectivity index (χ4v) is 2.24. The molecule has 0 bridgehead atoms. The van der Waals surface area contributed by atoms with Crippen LogP contribution in [0.25, 0.3) is 0 Å². The first-order chi connectivity index (χ1) is 9.71. The zero-order chi connectivity index (χ0) is 16.0. The normalized spacial score (nSPS) is 10.9. The lowest BCUT2D eigenvalue weighted by Gasteiger charge is -2.20. The van der Waals surface area contributed by atoms with Gasteiger partial charge in [0, 0.05) is 16.1 Å². The molecule has 1 aromatic rings. The molecule has 0 atom stereocenters. The summed E-state index contributed by atoms with van der Waals surface area (Å²) in [7, 11) is 1.56. The van der Waals surface area contributed by atoms with Crippen LogP contribution in [0.15, 0.2) is 23.1 Å². The third-order valence-corrected chi connectivity index (χ3v) is 3.39. The summed E-state index contributed by atoms with van der Waals surface area (Å²) in [6.07, 6.45) is 0. The number of ether oxygens (including phenoxy) is 1. The Hall–Kier alpha value is -1.89. The number of benzene rings is 1. The largest absolute Gasteiger partial charge is 0.497 e. The fourth-order valence-electron chi connectivity index (χ4n) is 1.44. The zero-order valence-electron chi connectivity index (χ0n) is 12.6. The fraction of sp³-hybridized carbons (Fsp3) is 0.429. The average molecular weight is 311 g/mol. The number of methoxy groups -OCH3 is 1. The van der Waals surface area contributed by atoms with Crippen LogP contribution < -0.4 is 21.1 Å². The third-order valence-electron chi connectivity index (χ3n) is 2.32. The number of rotatable bonds is 4. The van der Waals surface area contributed by atoms with Gasteiger partial charge in [-0.3, -0.25) is 10.1 Å². The first-order valence-electron chi connectivity index (χ1n) is 6.39. The lowest BCUT2D eigenvalue weighted by atomic mass is 10.1. The minimum absolute atomic E-state index is 0.0922. The van der Waals surface area contributed by atoms with Crippen molar-refractivity contribution in [3.05, 3.63) is 18.2 Å². The minimum atomic E-state index is -0.508. The molecule has 0 heterocycles. The molecule has 0 aromatic heterocycles. The van der Waals surface area contributed by atoms with Crippen LogP contribution >= 0.6 is 11.8 Å². The molecule has 1 rings (SSSR count). The van der Waals surface area contributed by atoms with E-state index in [2.05, 4.69) is 10.6 Å². The summed E-state index contributed by atoms with van der Waals surface area (Å²) >= 11 is 1.25. The maximum atomic E-state index is 11.7. The number of carbonyl (C=O) groups excluding carboxylic acids is 2. The number of anilines is 1. The van der Waals surface area contributed by atoms with E-state index in [1.165, 1.54) is 11.8 Å². The van der Waals surface area contributed by atoms with Crippen molar-refractivity contribution >= 4 is 29.4 Å². The van der Waals surface area contributed by atoms with Crippen molar-refractivity contribution in [2.75, 3.05) is 18.6 Å². The number of hydrogen-bond donors (Lipinski definition) is 3. The third kappa shape index (κ3) is 6.40. The number of imide groups is 1. The Morgan fingerprint density at radius 1 is 1.33 bits per heavy atom. The quantitative estimate of drug-likeness (QED) is 0.584. The first-order valence-corrected chi connectivity index (χ1v) is 7.38. The average Bonchev–Trinajstić information content (AvgIpc) is 2.35. The van der Waals surface area contributed by atoms with Gasteiger partial charge in [0.2, 0.25) is 5.91 Å². The van der Waals surface area contributed by atoms with Crippen LogP contribution in [0.3, 0.4) is 0 Å². The molecule has 0 aliphatic heterocycles. The SMILES string of the molecule is COc1ccc(N)c(SCC(=O)NC(=O)NC(C)(C)C)c1. The van der Waals surface area contributed by atoms with Crippen molar-refractivity contribution in [2.24, 2.45) is 0 Å². The number of thioether (sulfide) groups is 1. The van der Waals surface area contributed by atoms with Crippen LogP contribution in [0.1, 0.15) is 20.8 Å². The van der Waals surface area contributed by atoms with Crippen molar-refractivity contribution in [3.8, 4) is 5.75 Å². The molecule has 0 saturated heterocycles. The van der Waals surface area contributed by atoms with Gasteiger partial charge in [-0.05, 0) is 39.0 Å². The van der Waals surface area contributed by atoms with Gasteiger partial charge in [0.05, 0.1) is 12.9 Å². The van der Waals surface area contributed by atoms with Crippen LogP contribution in [0.4, 0.5) is 10.5 Å². The van der Waals surface area contributed by atoms with Gasteiger partial charge in [-0.15, -0.1) is 11.8 Å². The number of nitrogens with one attached hydrogen (secondary N) is 2. The van der Waals surface area contributed by atoms with Gasteiger partial charge in [-0.2, -0.15) is 0 Å². The molecule has 4 N–H and O–H groups in total. The highest BCUT2D eigenvalue weighted by Crippen LogP contribution is 2.28. The molecule has 0 saturated carbocycles. The van der Waals surface area contributed by atoms with E-state index in [0.29, 0.717) is 11.4 Å². The zero-order valence-corrected chi connectivity index (χ0v) is 13.5. The van der Waals surface area contributed by atoms with E-state index in [1.54, 1.807) is 25.3 Å². The number of carbonyl (C=O) groups is 2. The van der Waals surface area contributed by atoms with Crippen LogP contribution in [0.5, 0.6) is 5.75 Å². The van der Waals surface area contributed by atoms with Crippen molar-refractivity contribution in [2.45, 2.75) is 31.2 Å². The molecule has 0 fully saturated rings. The second-order valence-corrected chi connectivity index (χ2v) is 6.46. The molecule has 0 unspecified atom stereocenters. The molecule has 0 radical (unpaired) electrons. The van der Waals surface area contributed by atoms with Crippen molar-refractivity contribution in [1.82, 2.24) is 10.6 Å². The minimum Gasteiger partial charge on any atom is -0.497 e. The molecular weight excluding hydrogens is 290 g/mol. The molecule has 6 nitrogen and oxygen atoms in total. The predicted octanol–water partition coefficient (Wildman–Crippen LogP) is 1.99. The maximum Gasteiger partial charge on any atom is 0.321 e. The molecule has 3 amide bonds. The Kier molecular flexibility index (Phi) is 5.90. The second kappa shape index (κ2) is 7.21. The smallest absolute Gasteiger partial charge is 0.321 e. The number of urea groups is 1. The van der Waals surface area contributed by atoms with Crippen LogP contribution in [0.2, 0.25) is 0 Å². The van der Waals surface area contributed by atoms with Gasteiger partial charge in [0.15, 0.2) is 0 Å². The summed E-state index contributed by atoms with van der Waals surface area (Å²) in [5.41, 5.74) is 6.00. The van der Waals surface area contributed by atoms with Gasteiger partial charge in [0.1, 0.15) is 5.75 Å². The Morgan fingerprint density at radius 2 is 2.00 bits per heavy atom. The second-order valence-electron chi connectivity index (χ2n) is 5.44. The highest BCUT2D eigenvalue weighted by molar-refractivity contribution is 8.00. The highest BCUT2D eigenvalue weighted by atomic mass is 32.2. The molecule has 0 aliphatic rings. The van der Waals surface area contributed by atoms with E-state index in [-0.39, 0.29) is 11.7 Å². The van der Waals surface area contributed by atoms with E-state index in [1.807, 2.05) is 20.8 Å². The topological polar surface area (TPSA) is 93.4 Å². The lowest BCUT2D eigenvalue weighted by Crippen LogP contribution is -2.48. The monoisotopic (exact) mass is 311 g/mol. The summed E-state index contributed by atoms with van der Waals surface area (Å²) in [6, 6.07) is 4.70. The summed E-state index contributed by atoms with van der Waals surface area (Å²) < 4.78 is 5.10.